The van der Waals surface area contributed by atoms with Gasteiger partial charge in [0.25, 0.3) is 5.91 Å². The predicted octanol–water partition coefficient (Wildman–Crippen LogP) is 2.87. The molecule has 1 aromatic carbocycles. The number of benzene rings is 1. The highest BCUT2D eigenvalue weighted by Crippen LogP contribution is 2.28. The third-order valence-electron chi connectivity index (χ3n) is 3.78. The fourth-order valence-electron chi connectivity index (χ4n) is 2.75. The van der Waals surface area contributed by atoms with Gasteiger partial charge in [-0.15, -0.1) is 0 Å². The van der Waals surface area contributed by atoms with Gasteiger partial charge in [-0.05, 0) is 30.0 Å². The molecule has 1 saturated carbocycles. The van der Waals surface area contributed by atoms with Crippen molar-refractivity contribution >= 4 is 5.91 Å². The molecule has 1 aliphatic rings. The Morgan fingerprint density at radius 1 is 1.33 bits per heavy atom. The molecule has 0 heterocycles. The topological polar surface area (TPSA) is 49.3 Å². The van der Waals surface area contributed by atoms with Gasteiger partial charge in [0.1, 0.15) is 5.75 Å². The lowest BCUT2D eigenvalue weighted by molar-refractivity contribution is 0.0960. The van der Waals surface area contributed by atoms with Crippen LogP contribution >= 0.6 is 0 Å². The molecule has 0 bridgehead atoms. The van der Waals surface area contributed by atoms with Gasteiger partial charge in [0.15, 0.2) is 0 Å². The molecule has 98 valence electrons. The van der Waals surface area contributed by atoms with Gasteiger partial charge in [-0.25, -0.2) is 0 Å². The first-order valence-corrected chi connectivity index (χ1v) is 6.74. The van der Waals surface area contributed by atoms with Crippen LogP contribution in [0.15, 0.2) is 18.2 Å². The van der Waals surface area contributed by atoms with Crippen molar-refractivity contribution < 1.29 is 9.90 Å². The van der Waals surface area contributed by atoms with Crippen molar-refractivity contribution in [2.75, 3.05) is 7.05 Å². The molecule has 3 nitrogen and oxygen atoms in total. The van der Waals surface area contributed by atoms with Gasteiger partial charge in [0.05, 0.1) is 5.56 Å². The van der Waals surface area contributed by atoms with E-state index in [4.69, 9.17) is 0 Å². The molecule has 3 heteroatoms. The molecule has 0 atom stereocenters. The molecule has 1 aliphatic carbocycles. The third kappa shape index (κ3) is 3.03. The SMILES string of the molecule is CNC(=O)c1cc(CC2CCCCC2)ccc1O. The number of hydrogen-bond donors (Lipinski definition) is 2. The van der Waals surface area contributed by atoms with Crippen molar-refractivity contribution in [2.24, 2.45) is 5.92 Å². The molecule has 1 amide bonds. The lowest BCUT2D eigenvalue weighted by Crippen LogP contribution is -2.18. The summed E-state index contributed by atoms with van der Waals surface area (Å²) >= 11 is 0. The van der Waals surface area contributed by atoms with E-state index in [1.807, 2.05) is 12.1 Å². The average molecular weight is 247 g/mol. The summed E-state index contributed by atoms with van der Waals surface area (Å²) in [7, 11) is 1.58. The molecule has 0 unspecified atom stereocenters. The lowest BCUT2D eigenvalue weighted by atomic mass is 9.84. The summed E-state index contributed by atoms with van der Waals surface area (Å²) in [6, 6.07) is 5.38. The minimum Gasteiger partial charge on any atom is -0.507 e. The molecule has 0 spiro atoms. The van der Waals surface area contributed by atoms with Crippen LogP contribution in [-0.4, -0.2) is 18.1 Å². The van der Waals surface area contributed by atoms with E-state index in [1.54, 1.807) is 13.1 Å². The Hall–Kier alpha value is -1.51. The van der Waals surface area contributed by atoms with Crippen LogP contribution in [0.3, 0.4) is 0 Å². The number of hydrogen-bond acceptors (Lipinski definition) is 2. The quantitative estimate of drug-likeness (QED) is 0.863. The van der Waals surface area contributed by atoms with E-state index < -0.39 is 0 Å². The van der Waals surface area contributed by atoms with E-state index in [9.17, 15) is 9.90 Å². The Labute approximate surface area is 108 Å². The standard InChI is InChI=1S/C15H21NO2/c1-16-15(18)13-10-12(7-8-14(13)17)9-11-5-3-2-4-6-11/h7-8,10-11,17H,2-6,9H2,1H3,(H,16,18). The maximum absolute atomic E-state index is 11.6. The lowest BCUT2D eigenvalue weighted by Gasteiger charge is -2.21. The second-order valence-corrected chi connectivity index (χ2v) is 5.14. The van der Waals surface area contributed by atoms with E-state index in [0.717, 1.165) is 17.9 Å². The van der Waals surface area contributed by atoms with Gasteiger partial charge in [0, 0.05) is 7.05 Å². The van der Waals surface area contributed by atoms with Gasteiger partial charge in [0.2, 0.25) is 0 Å². The largest absolute Gasteiger partial charge is 0.507 e. The Kier molecular flexibility index (Phi) is 4.24. The van der Waals surface area contributed by atoms with Crippen LogP contribution in [0.2, 0.25) is 0 Å². The smallest absolute Gasteiger partial charge is 0.254 e. The van der Waals surface area contributed by atoms with E-state index in [1.165, 1.54) is 32.1 Å². The molecule has 1 aromatic rings. The predicted molar refractivity (Wildman–Crippen MR) is 71.8 cm³/mol. The second-order valence-electron chi connectivity index (χ2n) is 5.14. The summed E-state index contributed by atoms with van der Waals surface area (Å²) in [6.45, 7) is 0. The normalized spacial score (nSPS) is 16.5. The first-order valence-electron chi connectivity index (χ1n) is 6.74. The maximum Gasteiger partial charge on any atom is 0.254 e. The molecule has 0 saturated heterocycles. The molecular weight excluding hydrogens is 226 g/mol. The fourth-order valence-corrected chi connectivity index (χ4v) is 2.75. The Balaban J connectivity index is 2.11. The Bertz CT molecular complexity index is 423. The molecule has 0 radical (unpaired) electrons. The fraction of sp³-hybridized carbons (Fsp3) is 0.533. The highest BCUT2D eigenvalue weighted by Gasteiger charge is 2.16. The number of nitrogens with one attached hydrogen (secondary N) is 1. The molecule has 2 N–H and O–H groups in total. The Morgan fingerprint density at radius 3 is 2.72 bits per heavy atom. The van der Waals surface area contributed by atoms with Crippen molar-refractivity contribution in [2.45, 2.75) is 38.5 Å². The summed E-state index contributed by atoms with van der Waals surface area (Å²) in [4.78, 5) is 11.6. The van der Waals surface area contributed by atoms with Crippen molar-refractivity contribution in [3.8, 4) is 5.75 Å². The highest BCUT2D eigenvalue weighted by molar-refractivity contribution is 5.96. The third-order valence-corrected chi connectivity index (χ3v) is 3.78. The number of phenolic OH excluding ortho intramolecular Hbond substituents is 1. The first kappa shape index (κ1) is 12.9. The molecule has 2 rings (SSSR count). The summed E-state index contributed by atoms with van der Waals surface area (Å²) < 4.78 is 0. The minimum absolute atomic E-state index is 0.0572. The van der Waals surface area contributed by atoms with Gasteiger partial charge >= 0.3 is 0 Å². The van der Waals surface area contributed by atoms with Crippen LogP contribution in [0.1, 0.15) is 48.0 Å². The number of aromatic hydroxyl groups is 1. The zero-order valence-corrected chi connectivity index (χ0v) is 10.9. The molecule has 1 fully saturated rings. The number of phenols is 1. The van der Waals surface area contributed by atoms with Crippen LogP contribution in [0.25, 0.3) is 0 Å². The van der Waals surface area contributed by atoms with E-state index in [-0.39, 0.29) is 11.7 Å². The average Bonchev–Trinajstić information content (AvgIpc) is 2.41. The van der Waals surface area contributed by atoms with Crippen LogP contribution < -0.4 is 5.32 Å². The van der Waals surface area contributed by atoms with Crippen molar-refractivity contribution in [3.63, 3.8) is 0 Å². The number of rotatable bonds is 3. The van der Waals surface area contributed by atoms with Crippen LogP contribution in [0.4, 0.5) is 0 Å². The van der Waals surface area contributed by atoms with Crippen LogP contribution in [0.5, 0.6) is 5.75 Å². The van der Waals surface area contributed by atoms with Gasteiger partial charge in [-0.3, -0.25) is 4.79 Å². The molecular formula is C15H21NO2. The number of carbonyl (C=O) groups is 1. The van der Waals surface area contributed by atoms with E-state index >= 15 is 0 Å². The van der Waals surface area contributed by atoms with Crippen molar-refractivity contribution in [1.29, 1.82) is 0 Å². The maximum atomic E-state index is 11.6. The van der Waals surface area contributed by atoms with Crippen LogP contribution in [-0.2, 0) is 6.42 Å². The second kappa shape index (κ2) is 5.89. The summed E-state index contributed by atoms with van der Waals surface area (Å²) in [5.41, 5.74) is 1.53. The van der Waals surface area contributed by atoms with E-state index in [2.05, 4.69) is 5.32 Å². The molecule has 18 heavy (non-hydrogen) atoms. The van der Waals surface area contributed by atoms with E-state index in [0.29, 0.717) is 5.56 Å². The zero-order chi connectivity index (χ0) is 13.0. The highest BCUT2D eigenvalue weighted by atomic mass is 16.3. The summed E-state index contributed by atoms with van der Waals surface area (Å²) in [5.74, 6) is 0.570. The molecule has 0 aromatic heterocycles. The summed E-state index contributed by atoms with van der Waals surface area (Å²) in [6.07, 6.45) is 7.60. The van der Waals surface area contributed by atoms with Gasteiger partial charge in [-0.2, -0.15) is 0 Å². The monoisotopic (exact) mass is 247 g/mol. The van der Waals surface area contributed by atoms with Crippen molar-refractivity contribution in [1.82, 2.24) is 5.32 Å². The number of amides is 1. The minimum atomic E-state index is -0.224. The zero-order valence-electron chi connectivity index (χ0n) is 10.9. The van der Waals surface area contributed by atoms with Gasteiger partial charge in [-0.1, -0.05) is 38.2 Å². The molecule has 0 aliphatic heterocycles. The number of carbonyl (C=O) groups excluding carboxylic acids is 1. The van der Waals surface area contributed by atoms with Crippen LogP contribution in [0, 0.1) is 5.92 Å². The van der Waals surface area contributed by atoms with Crippen molar-refractivity contribution in [3.05, 3.63) is 29.3 Å². The first-order chi connectivity index (χ1) is 8.70. The summed E-state index contributed by atoms with van der Waals surface area (Å²) in [5, 5.41) is 12.2. The Morgan fingerprint density at radius 2 is 2.06 bits per heavy atom. The van der Waals surface area contributed by atoms with Gasteiger partial charge < -0.3 is 10.4 Å².